The summed E-state index contributed by atoms with van der Waals surface area (Å²) < 4.78 is 12.1. The van der Waals surface area contributed by atoms with Crippen LogP contribution in [-0.4, -0.2) is 81.8 Å². The molecule has 3 fully saturated rings. The van der Waals surface area contributed by atoms with Crippen LogP contribution in [0.1, 0.15) is 52.9 Å². The minimum atomic E-state index is -1.29. The van der Waals surface area contributed by atoms with E-state index in [4.69, 9.17) is 9.47 Å². The van der Waals surface area contributed by atoms with E-state index in [9.17, 15) is 19.5 Å². The van der Waals surface area contributed by atoms with E-state index in [1.165, 1.54) is 6.42 Å². The van der Waals surface area contributed by atoms with Crippen LogP contribution in [0.3, 0.4) is 0 Å². The normalized spacial score (nSPS) is 39.0. The van der Waals surface area contributed by atoms with Crippen molar-refractivity contribution in [1.29, 1.82) is 0 Å². The van der Waals surface area contributed by atoms with Crippen molar-refractivity contribution >= 4 is 17.8 Å². The standard InChI is InChI=1S/C26H36N2O6/c1-16(2)18(15-29)28-21-23(31)27(17-9-5-4-6-10-17)13-7-12-26(21)19(22(28)30)20-24(32)33-14-8-11-25(20,3)34-26/h7-8,11-12,16-21,29H,4-6,9-10,13-15H2,1-3H3/t18-,19-,20+,21?,25-,26-/m0/s1. The highest BCUT2D eigenvalue weighted by Gasteiger charge is 2.75. The van der Waals surface area contributed by atoms with Gasteiger partial charge in [0.05, 0.1) is 24.2 Å². The first-order chi connectivity index (χ1) is 16.2. The van der Waals surface area contributed by atoms with Crippen LogP contribution in [0.4, 0.5) is 0 Å². The molecule has 5 rings (SSSR count). The second-order valence-electron chi connectivity index (χ2n) is 11.0. The number of amides is 2. The molecule has 1 aliphatic carbocycles. The van der Waals surface area contributed by atoms with Gasteiger partial charge in [-0.15, -0.1) is 0 Å². The molecule has 8 heteroatoms. The van der Waals surface area contributed by atoms with Crippen molar-refractivity contribution in [2.45, 2.75) is 82.2 Å². The lowest BCUT2D eigenvalue weighted by Gasteiger charge is -2.42. The van der Waals surface area contributed by atoms with Crippen LogP contribution < -0.4 is 0 Å². The SMILES string of the molecule is CC(C)[C@H](CO)N1C(=O)[C@@H]2[C@@H]3C(=O)OCC=C[C@]3(C)O[C@@]23C=CCN(C2CCCCC2)C(=O)C13. The molecule has 5 aliphatic rings. The molecule has 0 radical (unpaired) electrons. The minimum absolute atomic E-state index is 0.0830. The highest BCUT2D eigenvalue weighted by molar-refractivity contribution is 5.99. The molecule has 1 saturated carbocycles. The molecule has 0 bridgehead atoms. The molecular weight excluding hydrogens is 436 g/mol. The molecule has 2 amide bonds. The topological polar surface area (TPSA) is 96.4 Å². The van der Waals surface area contributed by atoms with Gasteiger partial charge in [-0.3, -0.25) is 14.4 Å². The van der Waals surface area contributed by atoms with Crippen LogP contribution in [0.25, 0.3) is 0 Å². The quantitative estimate of drug-likeness (QED) is 0.495. The maximum atomic E-state index is 14.3. The van der Waals surface area contributed by atoms with Crippen molar-refractivity contribution in [3.8, 4) is 0 Å². The third-order valence-electron chi connectivity index (χ3n) is 8.61. The van der Waals surface area contributed by atoms with Gasteiger partial charge in [-0.05, 0) is 31.8 Å². The molecule has 4 aliphatic heterocycles. The fourth-order valence-corrected chi connectivity index (χ4v) is 7.01. The minimum Gasteiger partial charge on any atom is -0.461 e. The Morgan fingerprint density at radius 2 is 1.79 bits per heavy atom. The maximum absolute atomic E-state index is 14.3. The Bertz CT molecular complexity index is 924. The Morgan fingerprint density at radius 3 is 2.47 bits per heavy atom. The van der Waals surface area contributed by atoms with Gasteiger partial charge >= 0.3 is 5.97 Å². The predicted octanol–water partition coefficient (Wildman–Crippen LogP) is 1.82. The number of cyclic esters (lactones) is 1. The molecule has 1 spiro atoms. The molecule has 1 N–H and O–H groups in total. The molecule has 4 heterocycles. The Kier molecular flexibility index (Phi) is 5.88. The molecule has 2 saturated heterocycles. The number of rotatable bonds is 4. The van der Waals surface area contributed by atoms with E-state index in [0.29, 0.717) is 6.54 Å². The van der Waals surface area contributed by atoms with E-state index in [2.05, 4.69) is 0 Å². The zero-order valence-electron chi connectivity index (χ0n) is 20.3. The number of fused-ring (bicyclic) bond motifs is 2. The van der Waals surface area contributed by atoms with Crippen LogP contribution in [0.2, 0.25) is 0 Å². The van der Waals surface area contributed by atoms with Gasteiger partial charge in [0.2, 0.25) is 11.8 Å². The highest BCUT2D eigenvalue weighted by atomic mass is 16.6. The molecule has 0 aromatic rings. The average Bonchev–Trinajstić information content (AvgIpc) is 3.06. The van der Waals surface area contributed by atoms with Crippen LogP contribution in [0, 0.1) is 17.8 Å². The van der Waals surface area contributed by atoms with Gasteiger partial charge in [-0.2, -0.15) is 0 Å². The van der Waals surface area contributed by atoms with Crippen molar-refractivity contribution in [2.75, 3.05) is 19.8 Å². The summed E-state index contributed by atoms with van der Waals surface area (Å²) in [5.41, 5.74) is -2.35. The highest BCUT2D eigenvalue weighted by Crippen LogP contribution is 2.58. The van der Waals surface area contributed by atoms with E-state index < -0.39 is 41.1 Å². The van der Waals surface area contributed by atoms with Gasteiger partial charge in [0.15, 0.2) is 0 Å². The van der Waals surface area contributed by atoms with Gasteiger partial charge in [0.25, 0.3) is 0 Å². The van der Waals surface area contributed by atoms with Crippen molar-refractivity contribution in [1.82, 2.24) is 9.80 Å². The summed E-state index contributed by atoms with van der Waals surface area (Å²) in [6.45, 7) is 5.97. The van der Waals surface area contributed by atoms with E-state index in [-0.39, 0.29) is 37.0 Å². The molecule has 1 unspecified atom stereocenters. The summed E-state index contributed by atoms with van der Waals surface area (Å²) in [4.78, 5) is 45.1. The van der Waals surface area contributed by atoms with E-state index in [0.717, 1.165) is 25.7 Å². The van der Waals surface area contributed by atoms with Crippen molar-refractivity contribution in [3.05, 3.63) is 24.3 Å². The summed E-state index contributed by atoms with van der Waals surface area (Å²) in [6, 6.07) is -1.37. The Labute approximate surface area is 200 Å². The van der Waals surface area contributed by atoms with Crippen molar-refractivity contribution in [2.24, 2.45) is 17.8 Å². The molecule has 34 heavy (non-hydrogen) atoms. The van der Waals surface area contributed by atoms with E-state index >= 15 is 0 Å². The van der Waals surface area contributed by atoms with E-state index in [1.807, 2.05) is 30.9 Å². The number of aliphatic hydroxyl groups is 1. The van der Waals surface area contributed by atoms with E-state index in [1.54, 1.807) is 24.0 Å². The zero-order chi connectivity index (χ0) is 24.3. The van der Waals surface area contributed by atoms with Crippen LogP contribution in [0.5, 0.6) is 0 Å². The second-order valence-corrected chi connectivity index (χ2v) is 11.0. The molecule has 8 nitrogen and oxygen atoms in total. The van der Waals surface area contributed by atoms with Gasteiger partial charge in [-0.25, -0.2) is 0 Å². The van der Waals surface area contributed by atoms with Crippen LogP contribution in [-0.2, 0) is 23.9 Å². The lowest BCUT2D eigenvalue weighted by Crippen LogP contribution is -2.60. The fourth-order valence-electron chi connectivity index (χ4n) is 7.01. The number of nitrogens with zero attached hydrogens (tertiary/aromatic N) is 2. The van der Waals surface area contributed by atoms with Gasteiger partial charge in [0, 0.05) is 12.6 Å². The van der Waals surface area contributed by atoms with Crippen LogP contribution >= 0.6 is 0 Å². The average molecular weight is 473 g/mol. The summed E-state index contributed by atoms with van der Waals surface area (Å²) in [7, 11) is 0. The number of carbonyl (C=O) groups is 3. The third-order valence-corrected chi connectivity index (χ3v) is 8.61. The van der Waals surface area contributed by atoms with Gasteiger partial charge in [-0.1, -0.05) is 51.3 Å². The predicted molar refractivity (Wildman–Crippen MR) is 123 cm³/mol. The number of esters is 1. The first-order valence-corrected chi connectivity index (χ1v) is 12.7. The number of carbonyl (C=O) groups excluding carboxylic acids is 3. The van der Waals surface area contributed by atoms with Gasteiger partial charge < -0.3 is 24.4 Å². The summed E-state index contributed by atoms with van der Waals surface area (Å²) in [5, 5.41) is 10.3. The lowest BCUT2D eigenvalue weighted by molar-refractivity contribution is -0.161. The van der Waals surface area contributed by atoms with Crippen LogP contribution in [0.15, 0.2) is 24.3 Å². The Hall–Kier alpha value is -2.19. The lowest BCUT2D eigenvalue weighted by atomic mass is 9.74. The summed E-state index contributed by atoms with van der Waals surface area (Å²) in [5.74, 6) is -2.79. The van der Waals surface area contributed by atoms with Crippen molar-refractivity contribution < 1.29 is 29.0 Å². The smallest absolute Gasteiger partial charge is 0.313 e. The number of aliphatic hydroxyl groups excluding tert-OH is 1. The first kappa shape index (κ1) is 23.5. The number of likely N-dealkylation sites (tertiary alicyclic amines) is 1. The maximum Gasteiger partial charge on any atom is 0.313 e. The monoisotopic (exact) mass is 472 g/mol. The number of hydrogen-bond donors (Lipinski definition) is 1. The Morgan fingerprint density at radius 1 is 1.06 bits per heavy atom. The Balaban J connectivity index is 1.65. The zero-order valence-corrected chi connectivity index (χ0v) is 20.3. The molecular formula is C26H36N2O6. The summed E-state index contributed by atoms with van der Waals surface area (Å²) >= 11 is 0. The molecule has 6 atom stereocenters. The number of ether oxygens (including phenoxy) is 2. The molecule has 186 valence electrons. The molecule has 0 aromatic carbocycles. The second kappa shape index (κ2) is 8.48. The van der Waals surface area contributed by atoms with Gasteiger partial charge in [0.1, 0.15) is 24.2 Å². The first-order valence-electron chi connectivity index (χ1n) is 12.7. The largest absolute Gasteiger partial charge is 0.461 e. The molecule has 0 aromatic heterocycles. The fraction of sp³-hybridized carbons (Fsp3) is 0.731. The number of hydrogen-bond acceptors (Lipinski definition) is 6. The summed E-state index contributed by atoms with van der Waals surface area (Å²) in [6.07, 6.45) is 12.6. The van der Waals surface area contributed by atoms with Crippen molar-refractivity contribution in [3.63, 3.8) is 0 Å². The third kappa shape index (κ3) is 3.28.